The van der Waals surface area contributed by atoms with Crippen molar-refractivity contribution in [3.63, 3.8) is 0 Å². The van der Waals surface area contributed by atoms with Crippen LogP contribution in [0, 0.1) is 0 Å². The van der Waals surface area contributed by atoms with E-state index in [2.05, 4.69) is 11.8 Å². The van der Waals surface area contributed by atoms with Crippen molar-refractivity contribution in [2.75, 3.05) is 19.7 Å². The smallest absolute Gasteiger partial charge is 0.153 e. The highest BCUT2D eigenvalue weighted by molar-refractivity contribution is 5.79. The second kappa shape index (κ2) is 8.05. The lowest BCUT2D eigenvalue weighted by Crippen LogP contribution is -2.38. The number of hydrogen-bond acceptors (Lipinski definition) is 3. The van der Waals surface area contributed by atoms with Crippen LogP contribution in [0.3, 0.4) is 0 Å². The first-order valence-corrected chi connectivity index (χ1v) is 7.72. The van der Waals surface area contributed by atoms with Gasteiger partial charge in [-0.25, -0.2) is 0 Å². The highest BCUT2D eigenvalue weighted by atomic mass is 16.5. The molecule has 1 atom stereocenters. The van der Waals surface area contributed by atoms with Crippen LogP contribution in [0.25, 0.3) is 0 Å². The summed E-state index contributed by atoms with van der Waals surface area (Å²) < 4.78 is 5.69. The predicted octanol–water partition coefficient (Wildman–Crippen LogP) is 3.53. The van der Waals surface area contributed by atoms with Crippen molar-refractivity contribution in [1.82, 2.24) is 4.90 Å². The molecule has 0 radical (unpaired) electrons. The number of rotatable bonds is 7. The molecule has 0 N–H and O–H groups in total. The minimum absolute atomic E-state index is 0.636. The molecule has 0 bridgehead atoms. The zero-order chi connectivity index (χ0) is 14.2. The first-order valence-electron chi connectivity index (χ1n) is 7.72. The number of carbonyl (C=O) groups is 1. The van der Waals surface area contributed by atoms with Gasteiger partial charge in [0.2, 0.25) is 0 Å². The van der Waals surface area contributed by atoms with E-state index < -0.39 is 0 Å². The molecule has 110 valence electrons. The van der Waals surface area contributed by atoms with Gasteiger partial charge in [0.1, 0.15) is 5.75 Å². The summed E-state index contributed by atoms with van der Waals surface area (Å²) in [5, 5.41) is 0. The van der Waals surface area contributed by atoms with E-state index in [0.29, 0.717) is 17.9 Å². The van der Waals surface area contributed by atoms with E-state index in [-0.39, 0.29) is 0 Å². The van der Waals surface area contributed by atoms with E-state index in [1.807, 2.05) is 18.2 Å². The summed E-state index contributed by atoms with van der Waals surface area (Å²) in [4.78, 5) is 13.5. The lowest BCUT2D eigenvalue weighted by Gasteiger charge is -2.33. The summed E-state index contributed by atoms with van der Waals surface area (Å²) in [6.45, 7) is 5.43. The average molecular weight is 275 g/mol. The summed E-state index contributed by atoms with van der Waals surface area (Å²) in [6, 6.07) is 8.14. The summed E-state index contributed by atoms with van der Waals surface area (Å²) in [7, 11) is 0. The Hall–Kier alpha value is -1.35. The van der Waals surface area contributed by atoms with Crippen LogP contribution >= 0.6 is 0 Å². The number of hydrogen-bond donors (Lipinski definition) is 0. The highest BCUT2D eigenvalue weighted by Gasteiger charge is 2.16. The SMILES string of the molecule is CC1CCCCN1CCCCOc1ccccc1C=O. The molecule has 0 saturated carbocycles. The Morgan fingerprint density at radius 2 is 2.15 bits per heavy atom. The predicted molar refractivity (Wildman–Crippen MR) is 81.4 cm³/mol. The molecule has 3 heteroatoms. The van der Waals surface area contributed by atoms with Gasteiger partial charge in [-0.3, -0.25) is 4.79 Å². The summed E-state index contributed by atoms with van der Waals surface area (Å²) in [6.07, 6.45) is 7.11. The van der Waals surface area contributed by atoms with Gasteiger partial charge in [0.25, 0.3) is 0 Å². The Morgan fingerprint density at radius 1 is 1.30 bits per heavy atom. The normalized spacial score (nSPS) is 19.8. The lowest BCUT2D eigenvalue weighted by atomic mass is 10.0. The second-order valence-electron chi connectivity index (χ2n) is 5.59. The van der Waals surface area contributed by atoms with Gasteiger partial charge >= 0.3 is 0 Å². The van der Waals surface area contributed by atoms with Gasteiger partial charge in [0.05, 0.1) is 12.2 Å². The number of piperidine rings is 1. The summed E-state index contributed by atoms with van der Waals surface area (Å²) in [5.41, 5.74) is 0.636. The molecule has 1 heterocycles. The molecule has 1 fully saturated rings. The molecule has 1 unspecified atom stereocenters. The number of carbonyl (C=O) groups excluding carboxylic acids is 1. The van der Waals surface area contributed by atoms with Crippen LogP contribution in [-0.2, 0) is 0 Å². The monoisotopic (exact) mass is 275 g/mol. The van der Waals surface area contributed by atoms with Crippen molar-refractivity contribution in [2.45, 2.75) is 45.1 Å². The van der Waals surface area contributed by atoms with E-state index in [4.69, 9.17) is 4.74 Å². The molecule has 2 rings (SSSR count). The van der Waals surface area contributed by atoms with Crippen LogP contribution < -0.4 is 4.74 Å². The molecule has 1 aromatic rings. The first kappa shape index (κ1) is 15.0. The van der Waals surface area contributed by atoms with Crippen LogP contribution in [0.1, 0.15) is 49.4 Å². The van der Waals surface area contributed by atoms with E-state index >= 15 is 0 Å². The Labute approximate surface area is 121 Å². The zero-order valence-electron chi connectivity index (χ0n) is 12.4. The Morgan fingerprint density at radius 3 is 2.95 bits per heavy atom. The molecule has 1 aliphatic heterocycles. The first-order chi connectivity index (χ1) is 9.81. The van der Waals surface area contributed by atoms with Gasteiger partial charge < -0.3 is 9.64 Å². The van der Waals surface area contributed by atoms with Crippen molar-refractivity contribution in [2.24, 2.45) is 0 Å². The summed E-state index contributed by atoms with van der Waals surface area (Å²) in [5.74, 6) is 0.703. The summed E-state index contributed by atoms with van der Waals surface area (Å²) >= 11 is 0. The standard InChI is InChI=1S/C17H25NO2/c1-15-8-4-5-11-18(15)12-6-7-13-20-17-10-3-2-9-16(17)14-19/h2-3,9-10,14-15H,4-8,11-13H2,1H3. The largest absolute Gasteiger partial charge is 0.493 e. The second-order valence-corrected chi connectivity index (χ2v) is 5.59. The molecule has 0 amide bonds. The maximum atomic E-state index is 10.9. The number of para-hydroxylation sites is 1. The number of likely N-dealkylation sites (tertiary alicyclic amines) is 1. The van der Waals surface area contributed by atoms with Gasteiger partial charge in [0, 0.05) is 6.04 Å². The van der Waals surface area contributed by atoms with Crippen LogP contribution in [0.2, 0.25) is 0 Å². The van der Waals surface area contributed by atoms with Gasteiger partial charge in [0.15, 0.2) is 6.29 Å². The molecular weight excluding hydrogens is 250 g/mol. The molecule has 1 saturated heterocycles. The third-order valence-corrected chi connectivity index (χ3v) is 4.08. The molecule has 20 heavy (non-hydrogen) atoms. The average Bonchev–Trinajstić information content (AvgIpc) is 2.49. The van der Waals surface area contributed by atoms with Crippen molar-refractivity contribution in [1.29, 1.82) is 0 Å². The van der Waals surface area contributed by atoms with Gasteiger partial charge in [-0.05, 0) is 57.8 Å². The Balaban J connectivity index is 1.65. The fraction of sp³-hybridized carbons (Fsp3) is 0.588. The fourth-order valence-corrected chi connectivity index (χ4v) is 2.80. The van der Waals surface area contributed by atoms with Gasteiger partial charge in [-0.2, -0.15) is 0 Å². The Bertz CT molecular complexity index is 419. The van der Waals surface area contributed by atoms with Crippen molar-refractivity contribution < 1.29 is 9.53 Å². The number of ether oxygens (including phenoxy) is 1. The molecule has 1 aliphatic rings. The van der Waals surface area contributed by atoms with Crippen molar-refractivity contribution in [3.05, 3.63) is 29.8 Å². The van der Waals surface area contributed by atoms with Crippen LogP contribution in [-0.4, -0.2) is 36.9 Å². The van der Waals surface area contributed by atoms with Crippen LogP contribution in [0.4, 0.5) is 0 Å². The lowest BCUT2D eigenvalue weighted by molar-refractivity contribution is 0.111. The van der Waals surface area contributed by atoms with Crippen LogP contribution in [0.5, 0.6) is 5.75 Å². The van der Waals surface area contributed by atoms with E-state index in [0.717, 1.165) is 25.2 Å². The minimum Gasteiger partial charge on any atom is -0.493 e. The Kier molecular flexibility index (Phi) is 6.06. The highest BCUT2D eigenvalue weighted by Crippen LogP contribution is 2.18. The number of benzene rings is 1. The minimum atomic E-state index is 0.636. The third kappa shape index (κ3) is 4.34. The quantitative estimate of drug-likeness (QED) is 0.563. The molecule has 3 nitrogen and oxygen atoms in total. The number of aldehydes is 1. The van der Waals surface area contributed by atoms with Crippen molar-refractivity contribution in [3.8, 4) is 5.75 Å². The van der Waals surface area contributed by atoms with E-state index in [9.17, 15) is 4.79 Å². The maximum Gasteiger partial charge on any atom is 0.153 e. The molecule has 0 spiro atoms. The third-order valence-electron chi connectivity index (χ3n) is 4.08. The zero-order valence-corrected chi connectivity index (χ0v) is 12.4. The van der Waals surface area contributed by atoms with E-state index in [1.165, 1.54) is 32.4 Å². The molecule has 1 aromatic carbocycles. The van der Waals surface area contributed by atoms with Crippen LogP contribution in [0.15, 0.2) is 24.3 Å². The molecule has 0 aromatic heterocycles. The topological polar surface area (TPSA) is 29.5 Å². The van der Waals surface area contributed by atoms with Gasteiger partial charge in [-0.1, -0.05) is 18.6 Å². The molecule has 0 aliphatic carbocycles. The van der Waals surface area contributed by atoms with E-state index in [1.54, 1.807) is 6.07 Å². The van der Waals surface area contributed by atoms with Gasteiger partial charge in [-0.15, -0.1) is 0 Å². The number of unbranched alkanes of at least 4 members (excludes halogenated alkanes) is 1. The fourth-order valence-electron chi connectivity index (χ4n) is 2.80. The molecular formula is C17H25NO2. The maximum absolute atomic E-state index is 10.9. The number of nitrogens with zero attached hydrogens (tertiary/aromatic N) is 1. The van der Waals surface area contributed by atoms with Crippen molar-refractivity contribution >= 4 is 6.29 Å².